The van der Waals surface area contributed by atoms with Crippen LogP contribution in [0, 0.1) is 23.0 Å². The van der Waals surface area contributed by atoms with Crippen LogP contribution in [0.25, 0.3) is 0 Å². The Morgan fingerprint density at radius 3 is 2.46 bits per heavy atom. The van der Waals surface area contributed by atoms with Crippen LogP contribution in [0.1, 0.15) is 18.4 Å². The second kappa shape index (κ2) is 7.99. The van der Waals surface area contributed by atoms with Gasteiger partial charge in [0, 0.05) is 44.9 Å². The second-order valence-corrected chi connectivity index (χ2v) is 9.01. The Kier molecular flexibility index (Phi) is 5.91. The Morgan fingerprint density at radius 2 is 1.85 bits per heavy atom. The summed E-state index contributed by atoms with van der Waals surface area (Å²) in [6, 6.07) is 4.01. The van der Waals surface area contributed by atoms with Crippen LogP contribution in [0.3, 0.4) is 0 Å². The molecule has 2 aliphatic heterocycles. The van der Waals surface area contributed by atoms with Crippen LogP contribution in [0.4, 0.5) is 5.69 Å². The number of piperidine rings is 1. The predicted molar refractivity (Wildman–Crippen MR) is 98.6 cm³/mol. The maximum Gasteiger partial charge on any atom is 0.270 e. The molecule has 0 amide bonds. The van der Waals surface area contributed by atoms with Gasteiger partial charge in [0.1, 0.15) is 0 Å². The third kappa shape index (κ3) is 4.22. The lowest BCUT2D eigenvalue weighted by atomic mass is 9.97. The molecule has 2 saturated heterocycles. The molecule has 9 heteroatoms. The number of benzene rings is 1. The summed E-state index contributed by atoms with van der Waals surface area (Å²) in [5.41, 5.74) is 0.339. The molecule has 8 nitrogen and oxygen atoms in total. The average Bonchev–Trinajstić information content (AvgIpc) is 2.63. The van der Waals surface area contributed by atoms with E-state index in [1.807, 2.05) is 0 Å². The topological polar surface area (TPSA) is 95.8 Å². The monoisotopic (exact) mass is 382 g/mol. The minimum atomic E-state index is -3.71. The third-order valence-corrected chi connectivity index (χ3v) is 7.35. The smallest absolute Gasteiger partial charge is 0.270 e. The molecule has 0 unspecified atom stereocenters. The molecule has 2 heterocycles. The van der Waals surface area contributed by atoms with E-state index in [4.69, 9.17) is 0 Å². The summed E-state index contributed by atoms with van der Waals surface area (Å²) in [6.45, 7) is 7.07. The SMILES string of the molecule is Cc1ccc([N+](=O)[O-])cc1S(=O)(=O)N1CCN(CC2CCNCC2)CC1. The number of nitro benzene ring substituents is 1. The molecule has 0 saturated carbocycles. The molecule has 0 radical (unpaired) electrons. The molecule has 1 aromatic rings. The Morgan fingerprint density at radius 1 is 1.19 bits per heavy atom. The maximum absolute atomic E-state index is 13.0. The van der Waals surface area contributed by atoms with Crippen LogP contribution >= 0.6 is 0 Å². The Labute approximate surface area is 154 Å². The molecule has 0 aromatic heterocycles. The van der Waals surface area contributed by atoms with Gasteiger partial charge in [-0.15, -0.1) is 0 Å². The summed E-state index contributed by atoms with van der Waals surface area (Å²) < 4.78 is 27.4. The highest BCUT2D eigenvalue weighted by Gasteiger charge is 2.31. The van der Waals surface area contributed by atoms with Gasteiger partial charge in [0.2, 0.25) is 10.0 Å². The summed E-state index contributed by atoms with van der Waals surface area (Å²) in [5, 5.41) is 14.3. The fourth-order valence-corrected chi connectivity index (χ4v) is 5.37. The number of aryl methyl sites for hydroxylation is 1. The predicted octanol–water partition coefficient (Wildman–Crippen LogP) is 1.21. The summed E-state index contributed by atoms with van der Waals surface area (Å²) >= 11 is 0. The summed E-state index contributed by atoms with van der Waals surface area (Å²) in [5.74, 6) is 0.679. The normalized spacial score (nSPS) is 21.0. The maximum atomic E-state index is 13.0. The van der Waals surface area contributed by atoms with Crippen LogP contribution in [0.15, 0.2) is 23.1 Å². The van der Waals surface area contributed by atoms with E-state index < -0.39 is 14.9 Å². The average molecular weight is 382 g/mol. The standard InChI is InChI=1S/C17H26N4O4S/c1-14-2-3-16(21(22)23)12-17(14)26(24,25)20-10-8-19(9-11-20)13-15-4-6-18-7-5-15/h2-3,12,15,18H,4-11,13H2,1H3. The van der Waals surface area contributed by atoms with Gasteiger partial charge in [-0.1, -0.05) is 6.07 Å². The highest BCUT2D eigenvalue weighted by molar-refractivity contribution is 7.89. The summed E-state index contributed by atoms with van der Waals surface area (Å²) in [4.78, 5) is 12.8. The minimum Gasteiger partial charge on any atom is -0.317 e. The van der Waals surface area contributed by atoms with Crippen molar-refractivity contribution < 1.29 is 13.3 Å². The molecule has 0 atom stereocenters. The van der Waals surface area contributed by atoms with Gasteiger partial charge in [-0.2, -0.15) is 4.31 Å². The number of nitrogens with zero attached hydrogens (tertiary/aromatic N) is 3. The molecule has 0 spiro atoms. The van der Waals surface area contributed by atoms with Gasteiger partial charge in [-0.25, -0.2) is 8.42 Å². The van der Waals surface area contributed by atoms with E-state index >= 15 is 0 Å². The number of hydrogen-bond donors (Lipinski definition) is 1. The van der Waals surface area contributed by atoms with Gasteiger partial charge < -0.3 is 10.2 Å². The van der Waals surface area contributed by atoms with Gasteiger partial charge in [0.15, 0.2) is 0 Å². The van der Waals surface area contributed by atoms with Crippen molar-refractivity contribution in [2.45, 2.75) is 24.7 Å². The molecule has 3 rings (SSSR count). The Balaban J connectivity index is 1.66. The minimum absolute atomic E-state index is 0.0403. The summed E-state index contributed by atoms with van der Waals surface area (Å²) in [6.07, 6.45) is 2.34. The van der Waals surface area contributed by atoms with Crippen molar-refractivity contribution in [3.05, 3.63) is 33.9 Å². The number of non-ortho nitro benzene ring substituents is 1. The van der Waals surface area contributed by atoms with Gasteiger partial charge in [-0.05, 0) is 44.3 Å². The number of sulfonamides is 1. The Bertz CT molecular complexity index is 754. The highest BCUT2D eigenvalue weighted by Crippen LogP contribution is 2.26. The molecule has 0 bridgehead atoms. The quantitative estimate of drug-likeness (QED) is 0.607. The lowest BCUT2D eigenvalue weighted by Crippen LogP contribution is -2.50. The van der Waals surface area contributed by atoms with Crippen molar-refractivity contribution in [3.63, 3.8) is 0 Å². The van der Waals surface area contributed by atoms with E-state index in [1.165, 1.54) is 35.3 Å². The highest BCUT2D eigenvalue weighted by atomic mass is 32.2. The van der Waals surface area contributed by atoms with E-state index in [0.717, 1.165) is 19.6 Å². The first-order chi connectivity index (χ1) is 12.4. The van der Waals surface area contributed by atoms with Crippen LogP contribution in [0.5, 0.6) is 0 Å². The first kappa shape index (κ1) is 19.2. The number of piperazine rings is 1. The molecule has 0 aliphatic carbocycles. The van der Waals surface area contributed by atoms with Crippen molar-refractivity contribution in [2.24, 2.45) is 5.92 Å². The largest absolute Gasteiger partial charge is 0.317 e. The van der Waals surface area contributed by atoms with Crippen molar-refractivity contribution in [1.29, 1.82) is 0 Å². The molecular formula is C17H26N4O4S. The lowest BCUT2D eigenvalue weighted by Gasteiger charge is -2.36. The van der Waals surface area contributed by atoms with Gasteiger partial charge in [-0.3, -0.25) is 10.1 Å². The van der Waals surface area contributed by atoms with Gasteiger partial charge in [0.05, 0.1) is 9.82 Å². The van der Waals surface area contributed by atoms with Crippen LogP contribution < -0.4 is 5.32 Å². The number of nitrogens with one attached hydrogen (secondary N) is 1. The first-order valence-corrected chi connectivity index (χ1v) is 10.5. The Hall–Kier alpha value is -1.55. The molecule has 2 fully saturated rings. The number of hydrogen-bond acceptors (Lipinski definition) is 6. The zero-order valence-electron chi connectivity index (χ0n) is 15.1. The third-order valence-electron chi connectivity index (χ3n) is 5.31. The van der Waals surface area contributed by atoms with E-state index in [2.05, 4.69) is 10.2 Å². The van der Waals surface area contributed by atoms with Crippen LogP contribution in [0.2, 0.25) is 0 Å². The first-order valence-electron chi connectivity index (χ1n) is 9.06. The molecule has 1 N–H and O–H groups in total. The van der Waals surface area contributed by atoms with E-state index in [-0.39, 0.29) is 10.6 Å². The number of rotatable bonds is 5. The fourth-order valence-electron chi connectivity index (χ4n) is 3.70. The summed E-state index contributed by atoms with van der Waals surface area (Å²) in [7, 11) is -3.71. The molecular weight excluding hydrogens is 356 g/mol. The fraction of sp³-hybridized carbons (Fsp3) is 0.647. The van der Waals surface area contributed by atoms with Crippen molar-refractivity contribution in [1.82, 2.24) is 14.5 Å². The number of nitro groups is 1. The van der Waals surface area contributed by atoms with Crippen molar-refractivity contribution in [3.8, 4) is 0 Å². The van der Waals surface area contributed by atoms with E-state index in [0.29, 0.717) is 37.7 Å². The van der Waals surface area contributed by atoms with Crippen LogP contribution in [-0.2, 0) is 10.0 Å². The molecule has 1 aromatic carbocycles. The van der Waals surface area contributed by atoms with E-state index in [9.17, 15) is 18.5 Å². The zero-order valence-corrected chi connectivity index (χ0v) is 15.9. The molecule has 2 aliphatic rings. The molecule has 26 heavy (non-hydrogen) atoms. The van der Waals surface area contributed by atoms with Crippen LogP contribution in [-0.4, -0.2) is 68.4 Å². The van der Waals surface area contributed by atoms with Crippen molar-refractivity contribution in [2.75, 3.05) is 45.8 Å². The van der Waals surface area contributed by atoms with Crippen molar-refractivity contribution >= 4 is 15.7 Å². The molecule has 144 valence electrons. The van der Waals surface area contributed by atoms with Gasteiger partial charge in [0.25, 0.3) is 5.69 Å². The zero-order chi connectivity index (χ0) is 18.7. The van der Waals surface area contributed by atoms with E-state index in [1.54, 1.807) is 6.92 Å². The second-order valence-electron chi connectivity index (χ2n) is 7.10. The van der Waals surface area contributed by atoms with Gasteiger partial charge >= 0.3 is 0 Å². The lowest BCUT2D eigenvalue weighted by molar-refractivity contribution is -0.385.